The first-order valence-electron chi connectivity index (χ1n) is 8.21. The molecule has 0 spiro atoms. The first kappa shape index (κ1) is 20.5. The van der Waals surface area contributed by atoms with E-state index >= 15 is 0 Å². The topological polar surface area (TPSA) is 85.7 Å². The van der Waals surface area contributed by atoms with Crippen LogP contribution in [-0.4, -0.2) is 39.5 Å². The van der Waals surface area contributed by atoms with Crippen molar-refractivity contribution in [2.45, 2.75) is 25.2 Å². The van der Waals surface area contributed by atoms with Gasteiger partial charge in [-0.05, 0) is 56.0 Å². The number of esters is 1. The molecule has 0 saturated heterocycles. The predicted molar refractivity (Wildman–Crippen MR) is 107 cm³/mol. The molecule has 1 aromatic carbocycles. The van der Waals surface area contributed by atoms with E-state index in [-0.39, 0.29) is 4.90 Å². The Labute approximate surface area is 159 Å². The van der Waals surface area contributed by atoms with Crippen molar-refractivity contribution in [3.8, 4) is 0 Å². The number of aromatic nitrogens is 1. The zero-order valence-electron chi connectivity index (χ0n) is 15.8. The van der Waals surface area contributed by atoms with Gasteiger partial charge in [-0.1, -0.05) is 6.08 Å². The van der Waals surface area contributed by atoms with E-state index in [0.717, 1.165) is 22.8 Å². The van der Waals surface area contributed by atoms with E-state index < -0.39 is 15.8 Å². The number of carbonyl (C=O) groups excluding carboxylic acids is 1. The fourth-order valence-corrected chi connectivity index (χ4v) is 3.58. The lowest BCUT2D eigenvalue weighted by Gasteiger charge is -2.10. The predicted octanol–water partition coefficient (Wildman–Crippen LogP) is 3.19. The lowest BCUT2D eigenvalue weighted by molar-refractivity contribution is -0.135. The standard InChI is InChI=1S/C20H22N2O4S/c1-6-15(20(23)26-4)11-17(21-3)9-14-8-16-7-13(2)12-22-19(16)18(10-14)27(5,24)25/h6-8,10-12H,3,9H2,1-2,4-5H3/b15-6+,17-11-. The molecule has 0 aliphatic carbocycles. The van der Waals surface area contributed by atoms with Crippen molar-refractivity contribution >= 4 is 33.4 Å². The Morgan fingerprint density at radius 2 is 2.04 bits per heavy atom. The number of pyridine rings is 1. The molecule has 142 valence electrons. The number of rotatable bonds is 6. The smallest absolute Gasteiger partial charge is 0.337 e. The molecule has 0 aliphatic rings. The third-order valence-electron chi connectivity index (χ3n) is 3.99. The first-order chi connectivity index (χ1) is 12.7. The highest BCUT2D eigenvalue weighted by atomic mass is 32.2. The molecule has 0 atom stereocenters. The van der Waals surface area contributed by atoms with E-state index in [0.29, 0.717) is 23.2 Å². The van der Waals surface area contributed by atoms with Gasteiger partial charge in [0.05, 0.1) is 23.1 Å². The molecule has 7 heteroatoms. The van der Waals surface area contributed by atoms with Crippen LogP contribution < -0.4 is 0 Å². The summed E-state index contributed by atoms with van der Waals surface area (Å²) in [4.78, 5) is 20.2. The lowest BCUT2D eigenvalue weighted by Crippen LogP contribution is -2.04. The van der Waals surface area contributed by atoms with E-state index in [9.17, 15) is 13.2 Å². The lowest BCUT2D eigenvalue weighted by atomic mass is 10.0. The van der Waals surface area contributed by atoms with Crippen LogP contribution in [0.4, 0.5) is 0 Å². The zero-order valence-corrected chi connectivity index (χ0v) is 16.6. The van der Waals surface area contributed by atoms with Crippen LogP contribution in [0.2, 0.25) is 0 Å². The van der Waals surface area contributed by atoms with E-state index in [1.807, 2.05) is 19.1 Å². The minimum atomic E-state index is -3.47. The number of nitrogens with zero attached hydrogens (tertiary/aromatic N) is 2. The second-order valence-electron chi connectivity index (χ2n) is 6.16. The summed E-state index contributed by atoms with van der Waals surface area (Å²) >= 11 is 0. The average Bonchev–Trinajstić information content (AvgIpc) is 2.62. The van der Waals surface area contributed by atoms with Crippen LogP contribution >= 0.6 is 0 Å². The molecule has 0 amide bonds. The van der Waals surface area contributed by atoms with Crippen LogP contribution in [0, 0.1) is 6.92 Å². The molecule has 2 rings (SSSR count). The van der Waals surface area contributed by atoms with E-state index in [4.69, 9.17) is 4.74 Å². The summed E-state index contributed by atoms with van der Waals surface area (Å²) < 4.78 is 29.2. The molecule has 0 unspecified atom stereocenters. The number of aryl methyl sites for hydroxylation is 1. The Balaban J connectivity index is 2.58. The van der Waals surface area contributed by atoms with Gasteiger partial charge in [-0.15, -0.1) is 0 Å². The van der Waals surface area contributed by atoms with Gasteiger partial charge in [-0.25, -0.2) is 13.2 Å². The molecular formula is C20H22N2O4S. The van der Waals surface area contributed by atoms with Crippen molar-refractivity contribution < 1.29 is 17.9 Å². The van der Waals surface area contributed by atoms with Gasteiger partial charge in [0.1, 0.15) is 0 Å². The maximum absolute atomic E-state index is 12.2. The van der Waals surface area contributed by atoms with Gasteiger partial charge in [0.25, 0.3) is 0 Å². The van der Waals surface area contributed by atoms with Crippen molar-refractivity contribution in [3.05, 3.63) is 58.9 Å². The summed E-state index contributed by atoms with van der Waals surface area (Å²) in [5.41, 5.74) is 2.97. The van der Waals surface area contributed by atoms with Gasteiger partial charge in [0, 0.05) is 30.0 Å². The monoisotopic (exact) mass is 386 g/mol. The molecular weight excluding hydrogens is 364 g/mol. The molecule has 0 saturated carbocycles. The number of ether oxygens (including phenoxy) is 1. The molecule has 1 aromatic heterocycles. The normalized spacial score (nSPS) is 12.9. The quantitative estimate of drug-likeness (QED) is 0.329. The molecule has 1 heterocycles. The number of carbonyl (C=O) groups is 1. The highest BCUT2D eigenvalue weighted by Crippen LogP contribution is 2.26. The number of sulfone groups is 1. The number of aliphatic imine (C=N–C) groups is 1. The Bertz CT molecular complexity index is 1070. The molecule has 0 N–H and O–H groups in total. The Hall–Kier alpha value is -2.80. The van der Waals surface area contributed by atoms with Crippen LogP contribution in [0.15, 0.2) is 57.7 Å². The summed E-state index contributed by atoms with van der Waals surface area (Å²) in [6.07, 6.45) is 6.31. The Morgan fingerprint density at radius 3 is 2.59 bits per heavy atom. The van der Waals surface area contributed by atoms with Crippen molar-refractivity contribution in [2.75, 3.05) is 13.4 Å². The zero-order chi connectivity index (χ0) is 20.2. The molecule has 0 aliphatic heterocycles. The van der Waals surface area contributed by atoms with E-state index in [1.165, 1.54) is 7.11 Å². The Morgan fingerprint density at radius 1 is 1.33 bits per heavy atom. The number of allylic oxidation sites excluding steroid dienone is 2. The maximum atomic E-state index is 12.2. The second kappa shape index (κ2) is 8.26. The van der Waals surface area contributed by atoms with Gasteiger partial charge >= 0.3 is 5.97 Å². The average molecular weight is 386 g/mol. The van der Waals surface area contributed by atoms with Crippen LogP contribution in [0.1, 0.15) is 18.1 Å². The molecule has 27 heavy (non-hydrogen) atoms. The van der Waals surface area contributed by atoms with Crippen molar-refractivity contribution in [2.24, 2.45) is 4.99 Å². The van der Waals surface area contributed by atoms with E-state index in [2.05, 4.69) is 16.7 Å². The van der Waals surface area contributed by atoms with Crippen molar-refractivity contribution in [1.29, 1.82) is 0 Å². The third kappa shape index (κ3) is 4.89. The maximum Gasteiger partial charge on any atom is 0.337 e. The van der Waals surface area contributed by atoms with Gasteiger partial charge < -0.3 is 4.74 Å². The molecule has 2 aromatic rings. The summed E-state index contributed by atoms with van der Waals surface area (Å²) in [6, 6.07) is 5.35. The van der Waals surface area contributed by atoms with Gasteiger partial charge in [-0.2, -0.15) is 0 Å². The minimum Gasteiger partial charge on any atom is -0.465 e. The first-order valence-corrected chi connectivity index (χ1v) is 10.1. The fourth-order valence-electron chi connectivity index (χ4n) is 2.69. The van der Waals surface area contributed by atoms with Crippen LogP contribution in [-0.2, 0) is 25.8 Å². The number of hydrogen-bond acceptors (Lipinski definition) is 6. The van der Waals surface area contributed by atoms with Crippen molar-refractivity contribution in [3.63, 3.8) is 0 Å². The number of fused-ring (bicyclic) bond motifs is 1. The summed E-state index contributed by atoms with van der Waals surface area (Å²) in [5.74, 6) is -0.478. The van der Waals surface area contributed by atoms with E-state index in [1.54, 1.807) is 31.3 Å². The van der Waals surface area contributed by atoms with Gasteiger partial charge in [0.15, 0.2) is 9.84 Å². The van der Waals surface area contributed by atoms with Gasteiger partial charge in [0.2, 0.25) is 0 Å². The fraction of sp³-hybridized carbons (Fsp3) is 0.250. The van der Waals surface area contributed by atoms with Gasteiger partial charge in [-0.3, -0.25) is 9.98 Å². The second-order valence-corrected chi connectivity index (χ2v) is 8.14. The third-order valence-corrected chi connectivity index (χ3v) is 5.10. The minimum absolute atomic E-state index is 0.164. The highest BCUT2D eigenvalue weighted by molar-refractivity contribution is 7.91. The van der Waals surface area contributed by atoms with Crippen LogP contribution in [0.5, 0.6) is 0 Å². The SMILES string of the molecule is C=N/C(=C\C(=C/C)C(=O)OC)Cc1cc(S(C)(=O)=O)c2ncc(C)cc2c1. The van der Waals surface area contributed by atoms with Crippen molar-refractivity contribution in [1.82, 2.24) is 4.98 Å². The molecule has 0 radical (unpaired) electrons. The number of methoxy groups -OCH3 is 1. The number of hydrogen-bond donors (Lipinski definition) is 0. The Kier molecular flexibility index (Phi) is 6.28. The summed E-state index contributed by atoms with van der Waals surface area (Å²) in [7, 11) is -2.16. The van der Waals surface area contributed by atoms with Crippen LogP contribution in [0.3, 0.4) is 0 Å². The highest BCUT2D eigenvalue weighted by Gasteiger charge is 2.16. The van der Waals surface area contributed by atoms with Crippen LogP contribution in [0.25, 0.3) is 10.9 Å². The largest absolute Gasteiger partial charge is 0.465 e. The molecule has 6 nitrogen and oxygen atoms in total. The number of benzene rings is 1. The molecule has 0 fully saturated rings. The summed E-state index contributed by atoms with van der Waals surface area (Å²) in [5, 5.41) is 0.732. The summed E-state index contributed by atoms with van der Waals surface area (Å²) in [6.45, 7) is 7.16. The molecule has 0 bridgehead atoms.